The molecule has 0 bridgehead atoms. The molecule has 0 saturated carbocycles. The van der Waals surface area contributed by atoms with Crippen LogP contribution in [0.5, 0.6) is 0 Å². The molecule has 0 radical (unpaired) electrons. The molecule has 0 aliphatic carbocycles. The fraction of sp³-hybridized carbons (Fsp3) is 0.800. The number of hydrogen-bond acceptors (Lipinski definition) is 4. The molecular formula is C15H25N3O3S. The normalized spacial score (nSPS) is 22.7. The number of nitrogens with zero attached hydrogens (tertiary/aromatic N) is 2. The molecule has 2 aliphatic rings. The number of carbonyl (C=O) groups excluding carboxylic acids is 3. The Labute approximate surface area is 136 Å². The zero-order valence-corrected chi connectivity index (χ0v) is 14.4. The number of piperidine rings is 1. The van der Waals surface area contributed by atoms with Gasteiger partial charge in [-0.2, -0.15) is 0 Å². The number of amides is 4. The van der Waals surface area contributed by atoms with Crippen molar-refractivity contribution in [2.24, 2.45) is 0 Å². The molecule has 1 atom stereocenters. The summed E-state index contributed by atoms with van der Waals surface area (Å²) in [5.74, 6) is 0.547. The van der Waals surface area contributed by atoms with E-state index >= 15 is 0 Å². The van der Waals surface area contributed by atoms with E-state index in [2.05, 4.69) is 5.32 Å². The quantitative estimate of drug-likeness (QED) is 0.776. The number of hydrogen-bond donors (Lipinski definition) is 1. The molecule has 6 nitrogen and oxygen atoms in total. The summed E-state index contributed by atoms with van der Waals surface area (Å²) in [6.45, 7) is 7.34. The first-order chi connectivity index (χ1) is 10.3. The molecule has 7 heteroatoms. The Morgan fingerprint density at radius 3 is 2.45 bits per heavy atom. The number of imide groups is 1. The van der Waals surface area contributed by atoms with Crippen LogP contribution in [-0.4, -0.2) is 63.8 Å². The van der Waals surface area contributed by atoms with Gasteiger partial charge < -0.3 is 10.2 Å². The van der Waals surface area contributed by atoms with Gasteiger partial charge in [-0.25, -0.2) is 4.79 Å². The van der Waals surface area contributed by atoms with Gasteiger partial charge in [0.2, 0.25) is 5.91 Å². The summed E-state index contributed by atoms with van der Waals surface area (Å²) in [7, 11) is 0. The van der Waals surface area contributed by atoms with Crippen LogP contribution in [-0.2, 0) is 9.59 Å². The molecule has 0 spiro atoms. The molecule has 2 heterocycles. The maximum Gasteiger partial charge on any atom is 0.325 e. The molecule has 4 amide bonds. The lowest BCUT2D eigenvalue weighted by molar-refractivity contribution is -0.131. The number of rotatable bonds is 5. The lowest BCUT2D eigenvalue weighted by Crippen LogP contribution is -2.41. The minimum atomic E-state index is -0.822. The van der Waals surface area contributed by atoms with Crippen molar-refractivity contribution in [2.45, 2.75) is 50.8 Å². The summed E-state index contributed by atoms with van der Waals surface area (Å²) in [4.78, 5) is 39.3. The monoisotopic (exact) mass is 327 g/mol. The van der Waals surface area contributed by atoms with E-state index in [4.69, 9.17) is 0 Å². The standard InChI is InChI=1S/C15H25N3O3S/c1-11(12(19)17-7-5-4-6-8-17)22-10-9-18-13(20)15(2,3)16-14(18)21/h11H,4-10H2,1-3H3,(H,16,21)/t11-/m0/s1. The van der Waals surface area contributed by atoms with Gasteiger partial charge in [-0.15, -0.1) is 11.8 Å². The predicted octanol–water partition coefficient (Wildman–Crippen LogP) is 1.45. The van der Waals surface area contributed by atoms with Crippen LogP contribution < -0.4 is 5.32 Å². The lowest BCUT2D eigenvalue weighted by Gasteiger charge is -2.29. The minimum absolute atomic E-state index is 0.133. The van der Waals surface area contributed by atoms with Crippen molar-refractivity contribution in [3.8, 4) is 0 Å². The van der Waals surface area contributed by atoms with Crippen molar-refractivity contribution in [1.29, 1.82) is 0 Å². The molecular weight excluding hydrogens is 302 g/mol. The third-order valence-electron chi connectivity index (χ3n) is 4.14. The number of likely N-dealkylation sites (tertiary alicyclic amines) is 1. The predicted molar refractivity (Wildman–Crippen MR) is 86.7 cm³/mol. The van der Waals surface area contributed by atoms with Gasteiger partial charge in [0.25, 0.3) is 5.91 Å². The Balaban J connectivity index is 1.77. The Hall–Kier alpha value is -1.24. The van der Waals surface area contributed by atoms with Crippen molar-refractivity contribution in [1.82, 2.24) is 15.1 Å². The first-order valence-corrected chi connectivity index (χ1v) is 8.92. The maximum atomic E-state index is 12.3. The molecule has 22 heavy (non-hydrogen) atoms. The lowest BCUT2D eigenvalue weighted by atomic mass is 10.1. The van der Waals surface area contributed by atoms with Gasteiger partial charge in [-0.05, 0) is 40.0 Å². The molecule has 0 unspecified atom stereocenters. The highest BCUT2D eigenvalue weighted by atomic mass is 32.2. The van der Waals surface area contributed by atoms with E-state index in [1.165, 1.54) is 23.1 Å². The van der Waals surface area contributed by atoms with Gasteiger partial charge in [0.1, 0.15) is 5.54 Å². The van der Waals surface area contributed by atoms with Crippen LogP contribution in [0.4, 0.5) is 4.79 Å². The molecule has 0 aromatic carbocycles. The molecule has 2 aliphatic heterocycles. The van der Waals surface area contributed by atoms with Crippen molar-refractivity contribution in [3.63, 3.8) is 0 Å². The number of urea groups is 1. The molecule has 2 saturated heterocycles. The van der Waals surface area contributed by atoms with Crippen LogP contribution in [0, 0.1) is 0 Å². The van der Waals surface area contributed by atoms with E-state index in [0.29, 0.717) is 12.3 Å². The second-order valence-electron chi connectivity index (χ2n) is 6.41. The van der Waals surface area contributed by atoms with Gasteiger partial charge in [0.05, 0.1) is 5.25 Å². The van der Waals surface area contributed by atoms with Crippen LogP contribution >= 0.6 is 11.8 Å². The van der Waals surface area contributed by atoms with Gasteiger partial charge >= 0.3 is 6.03 Å². The SMILES string of the molecule is C[C@H](SCCN1C(=O)NC(C)(C)C1=O)C(=O)N1CCCCC1. The van der Waals surface area contributed by atoms with Crippen LogP contribution in [0.25, 0.3) is 0 Å². The van der Waals surface area contributed by atoms with Crippen LogP contribution in [0.2, 0.25) is 0 Å². The van der Waals surface area contributed by atoms with Crippen molar-refractivity contribution >= 4 is 29.6 Å². The molecule has 2 fully saturated rings. The van der Waals surface area contributed by atoms with E-state index in [1.807, 2.05) is 11.8 Å². The van der Waals surface area contributed by atoms with E-state index < -0.39 is 5.54 Å². The fourth-order valence-electron chi connectivity index (χ4n) is 2.78. The zero-order chi connectivity index (χ0) is 16.3. The summed E-state index contributed by atoms with van der Waals surface area (Å²) >= 11 is 1.50. The Bertz CT molecular complexity index is 461. The van der Waals surface area contributed by atoms with Crippen LogP contribution in [0.15, 0.2) is 0 Å². The highest BCUT2D eigenvalue weighted by molar-refractivity contribution is 8.00. The average Bonchev–Trinajstić information content (AvgIpc) is 2.68. The van der Waals surface area contributed by atoms with Crippen LogP contribution in [0.3, 0.4) is 0 Å². The molecule has 1 N–H and O–H groups in total. The van der Waals surface area contributed by atoms with Gasteiger partial charge in [-0.1, -0.05) is 0 Å². The van der Waals surface area contributed by atoms with E-state index in [-0.39, 0.29) is 23.1 Å². The van der Waals surface area contributed by atoms with E-state index in [0.717, 1.165) is 25.9 Å². The van der Waals surface area contributed by atoms with Crippen molar-refractivity contribution in [3.05, 3.63) is 0 Å². The molecule has 0 aromatic rings. The second kappa shape index (κ2) is 6.89. The average molecular weight is 327 g/mol. The van der Waals surface area contributed by atoms with Crippen LogP contribution in [0.1, 0.15) is 40.0 Å². The summed E-state index contributed by atoms with van der Waals surface area (Å²) in [6, 6.07) is -0.342. The second-order valence-corrected chi connectivity index (χ2v) is 7.86. The Morgan fingerprint density at radius 1 is 1.27 bits per heavy atom. The molecule has 2 rings (SSSR count). The molecule has 124 valence electrons. The maximum absolute atomic E-state index is 12.3. The van der Waals surface area contributed by atoms with Gasteiger partial charge in [0, 0.05) is 25.4 Å². The first-order valence-electron chi connectivity index (χ1n) is 7.87. The van der Waals surface area contributed by atoms with Crippen molar-refractivity contribution in [2.75, 3.05) is 25.4 Å². The molecule has 0 aromatic heterocycles. The summed E-state index contributed by atoms with van der Waals surface area (Å²) in [5, 5.41) is 2.53. The number of thioether (sulfide) groups is 1. The Morgan fingerprint density at radius 2 is 1.91 bits per heavy atom. The topological polar surface area (TPSA) is 69.7 Å². The van der Waals surface area contributed by atoms with E-state index in [9.17, 15) is 14.4 Å². The smallest absolute Gasteiger partial charge is 0.325 e. The Kier molecular flexibility index (Phi) is 5.36. The number of carbonyl (C=O) groups is 3. The third kappa shape index (κ3) is 3.74. The minimum Gasteiger partial charge on any atom is -0.342 e. The highest BCUT2D eigenvalue weighted by Crippen LogP contribution is 2.20. The summed E-state index contributed by atoms with van der Waals surface area (Å²) in [6.07, 6.45) is 3.37. The highest BCUT2D eigenvalue weighted by Gasteiger charge is 2.43. The zero-order valence-electron chi connectivity index (χ0n) is 13.6. The van der Waals surface area contributed by atoms with Gasteiger partial charge in [0.15, 0.2) is 0 Å². The fourth-order valence-corrected chi connectivity index (χ4v) is 3.72. The largest absolute Gasteiger partial charge is 0.342 e. The van der Waals surface area contributed by atoms with Gasteiger partial charge in [-0.3, -0.25) is 14.5 Å². The number of nitrogens with one attached hydrogen (secondary N) is 1. The summed E-state index contributed by atoms with van der Waals surface area (Å²) in [5.41, 5.74) is -0.822. The third-order valence-corrected chi connectivity index (χ3v) is 5.26. The first kappa shape index (κ1) is 17.1. The van der Waals surface area contributed by atoms with Crippen molar-refractivity contribution < 1.29 is 14.4 Å². The summed E-state index contributed by atoms with van der Waals surface area (Å²) < 4.78 is 0. The van der Waals surface area contributed by atoms with E-state index in [1.54, 1.807) is 13.8 Å².